The SMILES string of the molecule is O=C(O)CC(NC(=O)CN1CCCC(CCC2CCNCC2)C1=O)c1ccccc1F. The lowest BCUT2D eigenvalue weighted by atomic mass is 9.86. The largest absolute Gasteiger partial charge is 0.481 e. The molecular weight excluding hydrogens is 401 g/mol. The van der Waals surface area contributed by atoms with Gasteiger partial charge in [-0.05, 0) is 63.6 Å². The van der Waals surface area contributed by atoms with Crippen LogP contribution < -0.4 is 10.6 Å². The number of hydrogen-bond acceptors (Lipinski definition) is 4. The third kappa shape index (κ3) is 6.75. The topological polar surface area (TPSA) is 98.7 Å². The smallest absolute Gasteiger partial charge is 0.305 e. The number of carboxylic acid groups (broad SMARTS) is 1. The number of hydrogen-bond donors (Lipinski definition) is 3. The highest BCUT2D eigenvalue weighted by molar-refractivity contribution is 5.86. The normalized spacial score (nSPS) is 21.0. The number of aliphatic carboxylic acids is 1. The van der Waals surface area contributed by atoms with Crippen molar-refractivity contribution in [3.8, 4) is 0 Å². The molecule has 0 spiro atoms. The number of nitrogens with one attached hydrogen (secondary N) is 2. The number of likely N-dealkylation sites (tertiary alicyclic amines) is 1. The van der Waals surface area contributed by atoms with Crippen molar-refractivity contribution in [1.29, 1.82) is 0 Å². The molecule has 2 atom stereocenters. The Hall–Kier alpha value is -2.48. The summed E-state index contributed by atoms with van der Waals surface area (Å²) in [6.45, 7) is 2.46. The Bertz CT molecular complexity index is 782. The van der Waals surface area contributed by atoms with Gasteiger partial charge < -0.3 is 20.6 Å². The molecule has 7 nitrogen and oxygen atoms in total. The maximum absolute atomic E-state index is 14.1. The van der Waals surface area contributed by atoms with Crippen LogP contribution in [0.15, 0.2) is 24.3 Å². The molecule has 2 aliphatic rings. The first kappa shape index (κ1) is 23.2. The van der Waals surface area contributed by atoms with E-state index in [1.54, 1.807) is 11.0 Å². The monoisotopic (exact) mass is 433 g/mol. The molecule has 2 aliphatic heterocycles. The van der Waals surface area contributed by atoms with Crippen LogP contribution in [0.3, 0.4) is 0 Å². The summed E-state index contributed by atoms with van der Waals surface area (Å²) in [4.78, 5) is 38.3. The van der Waals surface area contributed by atoms with Crippen molar-refractivity contribution in [3.05, 3.63) is 35.6 Å². The molecule has 2 heterocycles. The van der Waals surface area contributed by atoms with Gasteiger partial charge in [-0.2, -0.15) is 0 Å². The lowest BCUT2D eigenvalue weighted by molar-refractivity contribution is -0.143. The molecule has 31 heavy (non-hydrogen) atoms. The minimum atomic E-state index is -1.14. The Balaban J connectivity index is 1.55. The molecule has 0 aliphatic carbocycles. The van der Waals surface area contributed by atoms with E-state index in [0.29, 0.717) is 12.5 Å². The predicted molar refractivity (Wildman–Crippen MR) is 114 cm³/mol. The lowest BCUT2D eigenvalue weighted by Crippen LogP contribution is -2.47. The third-order valence-electron chi connectivity index (χ3n) is 6.35. The minimum Gasteiger partial charge on any atom is -0.481 e. The van der Waals surface area contributed by atoms with E-state index in [9.17, 15) is 23.9 Å². The van der Waals surface area contributed by atoms with Crippen molar-refractivity contribution in [2.75, 3.05) is 26.2 Å². The van der Waals surface area contributed by atoms with Crippen molar-refractivity contribution in [2.24, 2.45) is 11.8 Å². The van der Waals surface area contributed by atoms with E-state index in [-0.39, 0.29) is 23.9 Å². The number of carbonyl (C=O) groups excluding carboxylic acids is 2. The van der Waals surface area contributed by atoms with E-state index in [4.69, 9.17) is 0 Å². The maximum Gasteiger partial charge on any atom is 0.305 e. The van der Waals surface area contributed by atoms with Crippen molar-refractivity contribution in [1.82, 2.24) is 15.5 Å². The summed E-state index contributed by atoms with van der Waals surface area (Å²) < 4.78 is 14.1. The Kier molecular flexibility index (Phi) is 8.40. The predicted octanol–water partition coefficient (Wildman–Crippen LogP) is 2.48. The van der Waals surface area contributed by atoms with Gasteiger partial charge in [0.2, 0.25) is 11.8 Å². The second-order valence-electron chi connectivity index (χ2n) is 8.61. The first-order valence-corrected chi connectivity index (χ1v) is 11.2. The van der Waals surface area contributed by atoms with E-state index in [2.05, 4.69) is 10.6 Å². The zero-order valence-corrected chi connectivity index (χ0v) is 17.8. The van der Waals surface area contributed by atoms with Crippen molar-refractivity contribution in [3.63, 3.8) is 0 Å². The summed E-state index contributed by atoms with van der Waals surface area (Å²) >= 11 is 0. The van der Waals surface area contributed by atoms with Gasteiger partial charge in [0.25, 0.3) is 0 Å². The second kappa shape index (κ2) is 11.2. The number of amides is 2. The number of nitrogens with zero attached hydrogens (tertiary/aromatic N) is 1. The highest BCUT2D eigenvalue weighted by atomic mass is 19.1. The zero-order chi connectivity index (χ0) is 22.2. The Morgan fingerprint density at radius 2 is 1.94 bits per heavy atom. The van der Waals surface area contributed by atoms with E-state index < -0.39 is 30.2 Å². The van der Waals surface area contributed by atoms with E-state index >= 15 is 0 Å². The van der Waals surface area contributed by atoms with Crippen molar-refractivity contribution >= 4 is 17.8 Å². The van der Waals surface area contributed by atoms with Crippen LogP contribution in [0.4, 0.5) is 4.39 Å². The standard InChI is InChI=1S/C23H32FN3O4/c24-19-6-2-1-5-18(19)20(14-22(29)30)26-21(28)15-27-13-3-4-17(23(27)31)8-7-16-9-11-25-12-10-16/h1-2,5-6,16-17,20,25H,3-4,7-15H2,(H,26,28)(H,29,30). The molecule has 0 radical (unpaired) electrons. The average Bonchev–Trinajstić information content (AvgIpc) is 2.74. The molecule has 0 bridgehead atoms. The van der Waals surface area contributed by atoms with Crippen LogP contribution in [-0.2, 0) is 14.4 Å². The number of carbonyl (C=O) groups is 3. The summed E-state index contributed by atoms with van der Waals surface area (Å²) in [5, 5.41) is 15.1. The van der Waals surface area contributed by atoms with Gasteiger partial charge in [0.15, 0.2) is 0 Å². The number of halogens is 1. The fraction of sp³-hybridized carbons (Fsp3) is 0.609. The summed E-state index contributed by atoms with van der Waals surface area (Å²) in [7, 11) is 0. The second-order valence-corrected chi connectivity index (χ2v) is 8.61. The molecule has 0 saturated carbocycles. The molecule has 2 saturated heterocycles. The minimum absolute atomic E-state index is 0.00369. The van der Waals surface area contributed by atoms with Crippen LogP contribution in [0.25, 0.3) is 0 Å². The highest BCUT2D eigenvalue weighted by Gasteiger charge is 2.31. The van der Waals surface area contributed by atoms with Gasteiger partial charge in [-0.25, -0.2) is 4.39 Å². The summed E-state index contributed by atoms with van der Waals surface area (Å²) in [6.07, 6.45) is 5.44. The van der Waals surface area contributed by atoms with Crippen LogP contribution in [0.2, 0.25) is 0 Å². The van der Waals surface area contributed by atoms with Crippen molar-refractivity contribution in [2.45, 2.75) is 51.0 Å². The Morgan fingerprint density at radius 1 is 1.19 bits per heavy atom. The molecule has 8 heteroatoms. The molecule has 1 aromatic carbocycles. The molecule has 170 valence electrons. The van der Waals surface area contributed by atoms with Gasteiger partial charge >= 0.3 is 5.97 Å². The number of benzene rings is 1. The lowest BCUT2D eigenvalue weighted by Gasteiger charge is -2.33. The van der Waals surface area contributed by atoms with E-state index in [1.165, 1.54) is 18.2 Å². The summed E-state index contributed by atoms with van der Waals surface area (Å²) in [5.41, 5.74) is 0.128. The molecule has 2 amide bonds. The third-order valence-corrected chi connectivity index (χ3v) is 6.35. The average molecular weight is 434 g/mol. The van der Waals surface area contributed by atoms with E-state index in [0.717, 1.165) is 51.6 Å². The molecule has 0 aromatic heterocycles. The fourth-order valence-electron chi connectivity index (χ4n) is 4.64. The highest BCUT2D eigenvalue weighted by Crippen LogP contribution is 2.27. The molecule has 3 rings (SSSR count). The fourth-order valence-corrected chi connectivity index (χ4v) is 4.64. The van der Waals surface area contributed by atoms with Gasteiger partial charge in [-0.1, -0.05) is 18.2 Å². The van der Waals surface area contributed by atoms with E-state index in [1.807, 2.05) is 0 Å². The van der Waals surface area contributed by atoms with Crippen LogP contribution in [0.5, 0.6) is 0 Å². The molecule has 3 N–H and O–H groups in total. The summed E-state index contributed by atoms with van der Waals surface area (Å²) in [6, 6.07) is 4.82. The Morgan fingerprint density at radius 3 is 2.65 bits per heavy atom. The van der Waals surface area contributed by atoms with Gasteiger partial charge in [0.1, 0.15) is 5.82 Å². The zero-order valence-electron chi connectivity index (χ0n) is 17.8. The first-order valence-electron chi connectivity index (χ1n) is 11.2. The van der Waals surface area contributed by atoms with Gasteiger partial charge in [0.05, 0.1) is 19.0 Å². The maximum atomic E-state index is 14.1. The first-order chi connectivity index (χ1) is 14.9. The molecular formula is C23H32FN3O4. The number of piperidine rings is 2. The van der Waals surface area contributed by atoms with Crippen LogP contribution >= 0.6 is 0 Å². The van der Waals surface area contributed by atoms with Gasteiger partial charge in [-0.3, -0.25) is 14.4 Å². The summed E-state index contributed by atoms with van der Waals surface area (Å²) in [5.74, 6) is -1.58. The van der Waals surface area contributed by atoms with Crippen LogP contribution in [0, 0.1) is 17.7 Å². The van der Waals surface area contributed by atoms with Crippen molar-refractivity contribution < 1.29 is 23.9 Å². The Labute approximate surface area is 182 Å². The van der Waals surface area contributed by atoms with Gasteiger partial charge in [0, 0.05) is 18.0 Å². The quantitative estimate of drug-likeness (QED) is 0.556. The van der Waals surface area contributed by atoms with Crippen LogP contribution in [-0.4, -0.2) is 54.0 Å². The van der Waals surface area contributed by atoms with Gasteiger partial charge in [-0.15, -0.1) is 0 Å². The molecule has 1 aromatic rings. The molecule has 2 fully saturated rings. The van der Waals surface area contributed by atoms with Crippen LogP contribution in [0.1, 0.15) is 56.6 Å². The number of carboxylic acids is 1. The molecule has 2 unspecified atom stereocenters. The number of rotatable bonds is 9.